The molecular weight excluding hydrogens is 375 g/mol. The quantitative estimate of drug-likeness (QED) is 0.588. The highest BCUT2D eigenvalue weighted by molar-refractivity contribution is 6.35. The number of fused-ring (bicyclic) bond motifs is 1. The number of carbonyl (C=O) groups is 2. The largest absolute Gasteiger partial charge is 0.871 e. The fourth-order valence-electron chi connectivity index (χ4n) is 2.09. The number of benzene rings is 1. The molecule has 2 rings (SSSR count). The molecule has 0 amide bonds. The van der Waals surface area contributed by atoms with Crippen LogP contribution in [0.15, 0.2) is 17.7 Å². The van der Waals surface area contributed by atoms with Gasteiger partial charge in [0.15, 0.2) is 17.4 Å². The van der Waals surface area contributed by atoms with Crippen molar-refractivity contribution in [1.82, 2.24) is 0 Å². The van der Waals surface area contributed by atoms with Gasteiger partial charge in [0.05, 0.1) is 5.57 Å². The number of Topliss-reactive ketones (excluding diaryl/α,β-unsaturated/α-hetero) is 2. The van der Waals surface area contributed by atoms with E-state index in [9.17, 15) is 54.2 Å². The van der Waals surface area contributed by atoms with E-state index in [1.54, 1.807) is 0 Å². The second-order valence-electron chi connectivity index (χ2n) is 4.83. The number of hydrogen-bond donors (Lipinski definition) is 0. The molecule has 0 saturated heterocycles. The summed E-state index contributed by atoms with van der Waals surface area (Å²) >= 11 is 0. The molecule has 0 fully saturated rings. The van der Waals surface area contributed by atoms with Gasteiger partial charge in [-0.05, 0) is 17.7 Å². The summed E-state index contributed by atoms with van der Waals surface area (Å²) in [5.41, 5.74) is -11.2. The minimum Gasteiger partial charge on any atom is -0.871 e. The zero-order valence-corrected chi connectivity index (χ0v) is 11.3. The molecule has 0 saturated carbocycles. The maximum absolute atomic E-state index is 13.7. The summed E-state index contributed by atoms with van der Waals surface area (Å²) < 4.78 is 115. The summed E-state index contributed by atoms with van der Waals surface area (Å²) in [6, 6.07) is 0.0124. The lowest BCUT2D eigenvalue weighted by molar-refractivity contribution is -0.324. The zero-order chi connectivity index (χ0) is 19.5. The van der Waals surface area contributed by atoms with Crippen LogP contribution in [0.3, 0.4) is 0 Å². The monoisotopic (exact) mass is 377 g/mol. The standard InChI is InChI=1S/C13H3F9O3/c14-5-1-3-4(2-6(5)15)9(24)7(8(3)23)10(25)11(16,12(17,18)19)13(20,21)22/h1-2,23H/p-1. The number of halogens is 9. The molecule has 1 aromatic rings. The number of alkyl halides is 7. The molecule has 0 aromatic heterocycles. The van der Waals surface area contributed by atoms with E-state index in [4.69, 9.17) is 0 Å². The minimum atomic E-state index is -6.85. The Kier molecular flexibility index (Phi) is 3.93. The maximum Gasteiger partial charge on any atom is 0.439 e. The van der Waals surface area contributed by atoms with E-state index in [1.807, 2.05) is 0 Å². The van der Waals surface area contributed by atoms with Gasteiger partial charge in [0.25, 0.3) is 0 Å². The Hall–Kier alpha value is -2.53. The summed E-state index contributed by atoms with van der Waals surface area (Å²) in [6.07, 6.45) is -13.7. The van der Waals surface area contributed by atoms with Crippen molar-refractivity contribution in [3.05, 3.63) is 40.5 Å². The fraction of sp³-hybridized carbons (Fsp3) is 0.231. The van der Waals surface area contributed by atoms with E-state index in [0.29, 0.717) is 0 Å². The van der Waals surface area contributed by atoms with Crippen LogP contribution >= 0.6 is 0 Å². The predicted octanol–water partition coefficient (Wildman–Crippen LogP) is 2.63. The van der Waals surface area contributed by atoms with Gasteiger partial charge in [0, 0.05) is 5.56 Å². The third-order valence-corrected chi connectivity index (χ3v) is 3.33. The zero-order valence-electron chi connectivity index (χ0n) is 11.3. The first-order valence-electron chi connectivity index (χ1n) is 5.97. The number of rotatable bonds is 2. The lowest BCUT2D eigenvalue weighted by atomic mass is 9.91. The van der Waals surface area contributed by atoms with E-state index >= 15 is 0 Å². The molecule has 0 aliphatic heterocycles. The number of carbonyl (C=O) groups excluding carboxylic acids is 2. The van der Waals surface area contributed by atoms with Gasteiger partial charge in [0.2, 0.25) is 5.78 Å². The summed E-state index contributed by atoms with van der Waals surface area (Å²) in [7, 11) is 0. The van der Waals surface area contributed by atoms with Gasteiger partial charge in [-0.15, -0.1) is 0 Å². The van der Waals surface area contributed by atoms with Crippen LogP contribution in [0.1, 0.15) is 15.9 Å². The summed E-state index contributed by atoms with van der Waals surface area (Å²) in [6.45, 7) is 0. The highest BCUT2D eigenvalue weighted by atomic mass is 19.4. The smallest absolute Gasteiger partial charge is 0.439 e. The first-order chi connectivity index (χ1) is 11.1. The highest BCUT2D eigenvalue weighted by Gasteiger charge is 2.77. The lowest BCUT2D eigenvalue weighted by Crippen LogP contribution is -2.59. The van der Waals surface area contributed by atoms with Crippen molar-refractivity contribution in [3.63, 3.8) is 0 Å². The Balaban J connectivity index is 2.70. The van der Waals surface area contributed by atoms with Gasteiger partial charge in [-0.3, -0.25) is 9.59 Å². The molecule has 0 spiro atoms. The van der Waals surface area contributed by atoms with Crippen LogP contribution in [-0.4, -0.2) is 29.6 Å². The molecule has 1 aliphatic carbocycles. The maximum atomic E-state index is 13.7. The summed E-state index contributed by atoms with van der Waals surface area (Å²) in [5, 5.41) is 11.7. The molecule has 0 bridgehead atoms. The van der Waals surface area contributed by atoms with E-state index in [1.165, 1.54) is 0 Å². The first kappa shape index (κ1) is 18.8. The van der Waals surface area contributed by atoms with Crippen LogP contribution in [0.5, 0.6) is 0 Å². The third-order valence-electron chi connectivity index (χ3n) is 3.33. The molecule has 25 heavy (non-hydrogen) atoms. The molecule has 0 unspecified atom stereocenters. The van der Waals surface area contributed by atoms with Crippen LogP contribution in [-0.2, 0) is 4.79 Å². The van der Waals surface area contributed by atoms with Gasteiger partial charge in [0.1, 0.15) is 0 Å². The van der Waals surface area contributed by atoms with E-state index in [0.717, 1.165) is 0 Å². The second-order valence-corrected chi connectivity index (χ2v) is 4.83. The molecule has 1 aliphatic rings. The second kappa shape index (κ2) is 5.23. The van der Waals surface area contributed by atoms with Crippen LogP contribution in [0.25, 0.3) is 5.76 Å². The van der Waals surface area contributed by atoms with Crippen LogP contribution in [0.2, 0.25) is 0 Å². The van der Waals surface area contributed by atoms with Crippen molar-refractivity contribution in [2.24, 2.45) is 0 Å². The normalized spacial score (nSPS) is 15.6. The summed E-state index contributed by atoms with van der Waals surface area (Å²) in [5.74, 6) is -11.2. The van der Waals surface area contributed by atoms with E-state index in [2.05, 4.69) is 0 Å². The van der Waals surface area contributed by atoms with Gasteiger partial charge in [-0.2, -0.15) is 26.3 Å². The van der Waals surface area contributed by atoms with E-state index in [-0.39, 0.29) is 12.1 Å². The highest BCUT2D eigenvalue weighted by Crippen LogP contribution is 2.49. The molecule has 136 valence electrons. The van der Waals surface area contributed by atoms with Crippen molar-refractivity contribution in [2.75, 3.05) is 0 Å². The van der Waals surface area contributed by atoms with Crippen LogP contribution in [0, 0.1) is 11.6 Å². The Morgan fingerprint density at radius 2 is 1.24 bits per heavy atom. The van der Waals surface area contributed by atoms with Crippen LogP contribution < -0.4 is 5.11 Å². The van der Waals surface area contributed by atoms with Crippen molar-refractivity contribution < 1.29 is 54.2 Å². The van der Waals surface area contributed by atoms with Gasteiger partial charge >= 0.3 is 18.0 Å². The van der Waals surface area contributed by atoms with Crippen molar-refractivity contribution >= 4 is 17.3 Å². The Morgan fingerprint density at radius 3 is 1.64 bits per heavy atom. The average molecular weight is 377 g/mol. The minimum absolute atomic E-state index is 0.00622. The Morgan fingerprint density at radius 1 is 0.840 bits per heavy atom. The molecule has 0 N–H and O–H groups in total. The van der Waals surface area contributed by atoms with Crippen molar-refractivity contribution in [1.29, 1.82) is 0 Å². The topological polar surface area (TPSA) is 57.2 Å². The Bertz CT molecular complexity index is 803. The van der Waals surface area contributed by atoms with Crippen molar-refractivity contribution in [2.45, 2.75) is 18.0 Å². The summed E-state index contributed by atoms with van der Waals surface area (Å²) in [4.78, 5) is 23.3. The lowest BCUT2D eigenvalue weighted by Gasteiger charge is -2.29. The average Bonchev–Trinajstić information content (AvgIpc) is 2.67. The SMILES string of the molecule is O=C1C(C(=O)C(F)(C(F)(F)F)C(F)(F)F)=C([O-])c2cc(F)c(F)cc21. The molecule has 0 heterocycles. The molecule has 3 nitrogen and oxygen atoms in total. The Labute approximate surface area is 131 Å². The molecular formula is C13H2F9O3-. The third kappa shape index (κ3) is 2.46. The molecule has 0 atom stereocenters. The molecule has 0 radical (unpaired) electrons. The van der Waals surface area contributed by atoms with Gasteiger partial charge < -0.3 is 5.11 Å². The molecule has 1 aromatic carbocycles. The first-order valence-corrected chi connectivity index (χ1v) is 5.97. The van der Waals surface area contributed by atoms with Gasteiger partial charge in [-0.25, -0.2) is 13.2 Å². The number of hydrogen-bond acceptors (Lipinski definition) is 3. The van der Waals surface area contributed by atoms with E-state index < -0.39 is 63.7 Å². The number of ketones is 2. The van der Waals surface area contributed by atoms with Crippen molar-refractivity contribution in [3.8, 4) is 0 Å². The molecule has 12 heteroatoms. The van der Waals surface area contributed by atoms with Crippen LogP contribution in [0.4, 0.5) is 39.5 Å². The fourth-order valence-corrected chi connectivity index (χ4v) is 2.09. The van der Waals surface area contributed by atoms with Gasteiger partial charge in [-0.1, -0.05) is 5.76 Å². The predicted molar refractivity (Wildman–Crippen MR) is 58.6 cm³/mol. The number of allylic oxidation sites excluding steroid dienone is 1.